The van der Waals surface area contributed by atoms with E-state index in [9.17, 15) is 31.2 Å². The van der Waals surface area contributed by atoms with Crippen molar-refractivity contribution in [2.75, 3.05) is 17.4 Å². The van der Waals surface area contributed by atoms with E-state index in [0.29, 0.717) is 23.2 Å². The van der Waals surface area contributed by atoms with E-state index >= 15 is 0 Å². The number of nitrogens with one attached hydrogen (secondary N) is 1. The average Bonchev–Trinajstić information content (AvgIpc) is 2.98. The van der Waals surface area contributed by atoms with E-state index in [4.69, 9.17) is 0 Å². The molecule has 0 saturated carbocycles. The van der Waals surface area contributed by atoms with Gasteiger partial charge in [0.05, 0.1) is 16.1 Å². The van der Waals surface area contributed by atoms with Gasteiger partial charge in [-0.05, 0) is 69.0 Å². The van der Waals surface area contributed by atoms with Crippen molar-refractivity contribution in [3.8, 4) is 0 Å². The van der Waals surface area contributed by atoms with Crippen molar-refractivity contribution in [2.45, 2.75) is 70.1 Å². The number of carbonyl (C=O) groups is 2. The van der Waals surface area contributed by atoms with Crippen LogP contribution in [0.25, 0.3) is 0 Å². The van der Waals surface area contributed by atoms with Gasteiger partial charge in [0.15, 0.2) is 0 Å². The second-order valence-corrected chi connectivity index (χ2v) is 12.3. The molecule has 2 atom stereocenters. The number of alkyl halides is 3. The third-order valence-electron chi connectivity index (χ3n) is 7.22. The van der Waals surface area contributed by atoms with Gasteiger partial charge in [-0.3, -0.25) is 13.9 Å². The van der Waals surface area contributed by atoms with Crippen molar-refractivity contribution in [1.82, 2.24) is 10.2 Å². The highest BCUT2D eigenvalue weighted by atomic mass is 32.2. The highest BCUT2D eigenvalue weighted by molar-refractivity contribution is 7.92. The van der Waals surface area contributed by atoms with Crippen molar-refractivity contribution in [1.29, 1.82) is 0 Å². The van der Waals surface area contributed by atoms with Gasteiger partial charge in [-0.2, -0.15) is 13.2 Å². The van der Waals surface area contributed by atoms with E-state index < -0.39 is 40.3 Å². The first-order valence-corrected chi connectivity index (χ1v) is 15.6. The minimum Gasteiger partial charge on any atom is -0.352 e. The standard InChI is InChI=1S/C32H38F3N3O4S/c1-5-24(4)36-31(40)29(6-2)37(20-19-25-11-8-7-9-12-25)30(39)22-38(27-14-10-13-26(21-27)32(33,34)35)43(41,42)28-17-15-23(3)16-18-28/h7-18,21,24,29H,5-6,19-20,22H2,1-4H3,(H,36,40)/t24-,29+/m0/s1. The molecule has 43 heavy (non-hydrogen) atoms. The first-order valence-electron chi connectivity index (χ1n) is 14.2. The lowest BCUT2D eigenvalue weighted by molar-refractivity contribution is -0.139. The lowest BCUT2D eigenvalue weighted by Gasteiger charge is -2.34. The van der Waals surface area contributed by atoms with Crippen LogP contribution in [-0.4, -0.2) is 50.3 Å². The van der Waals surface area contributed by atoms with Crippen LogP contribution in [0.2, 0.25) is 0 Å². The van der Waals surface area contributed by atoms with E-state index in [1.807, 2.05) is 44.2 Å². The monoisotopic (exact) mass is 617 g/mol. The SMILES string of the molecule is CC[C@H](C(=O)N[C@@H](C)CC)N(CCc1ccccc1)C(=O)CN(c1cccc(C(F)(F)F)c1)S(=O)(=O)c1ccc(C)cc1. The van der Waals surface area contributed by atoms with Crippen molar-refractivity contribution >= 4 is 27.5 Å². The summed E-state index contributed by atoms with van der Waals surface area (Å²) in [5.41, 5.74) is 0.316. The summed E-state index contributed by atoms with van der Waals surface area (Å²) in [5, 5.41) is 2.89. The molecule has 3 aromatic carbocycles. The third kappa shape index (κ3) is 8.82. The van der Waals surface area contributed by atoms with Crippen LogP contribution in [0.15, 0.2) is 83.8 Å². The van der Waals surface area contributed by atoms with Crippen LogP contribution in [0.3, 0.4) is 0 Å². The number of benzene rings is 3. The van der Waals surface area contributed by atoms with Gasteiger partial charge < -0.3 is 10.2 Å². The van der Waals surface area contributed by atoms with Crippen LogP contribution in [-0.2, 0) is 32.2 Å². The molecular weight excluding hydrogens is 579 g/mol. The molecule has 7 nitrogen and oxygen atoms in total. The van der Waals surface area contributed by atoms with Gasteiger partial charge >= 0.3 is 6.18 Å². The molecule has 0 bridgehead atoms. The number of carbonyl (C=O) groups excluding carboxylic acids is 2. The summed E-state index contributed by atoms with van der Waals surface area (Å²) >= 11 is 0. The Morgan fingerprint density at radius 1 is 0.907 bits per heavy atom. The maximum atomic E-state index is 14.0. The number of amides is 2. The Morgan fingerprint density at radius 3 is 2.14 bits per heavy atom. The molecule has 0 fully saturated rings. The Hall–Kier alpha value is -3.86. The zero-order valence-electron chi connectivity index (χ0n) is 24.8. The topological polar surface area (TPSA) is 86.8 Å². The zero-order valence-corrected chi connectivity index (χ0v) is 25.6. The van der Waals surface area contributed by atoms with Crippen LogP contribution in [0.5, 0.6) is 0 Å². The molecule has 2 amide bonds. The molecule has 0 heterocycles. The normalized spacial score (nSPS) is 13.2. The molecule has 0 aliphatic rings. The number of hydrogen-bond donors (Lipinski definition) is 1. The average molecular weight is 618 g/mol. The number of sulfonamides is 1. The van der Waals surface area contributed by atoms with Crippen LogP contribution >= 0.6 is 0 Å². The molecule has 0 aromatic heterocycles. The van der Waals surface area contributed by atoms with Gasteiger partial charge in [-0.15, -0.1) is 0 Å². The fraction of sp³-hybridized carbons (Fsp3) is 0.375. The van der Waals surface area contributed by atoms with Crippen molar-refractivity contribution in [2.24, 2.45) is 0 Å². The minimum atomic E-state index is -4.73. The summed E-state index contributed by atoms with van der Waals surface area (Å²) in [7, 11) is -4.49. The van der Waals surface area contributed by atoms with E-state index in [2.05, 4.69) is 5.32 Å². The number of anilines is 1. The largest absolute Gasteiger partial charge is 0.416 e. The van der Waals surface area contributed by atoms with Crippen molar-refractivity contribution in [3.05, 3.63) is 95.6 Å². The summed E-state index contributed by atoms with van der Waals surface area (Å²) < 4.78 is 69.4. The number of nitrogens with zero attached hydrogens (tertiary/aromatic N) is 2. The first-order chi connectivity index (χ1) is 20.3. The molecular formula is C32H38F3N3O4S. The van der Waals surface area contributed by atoms with Crippen LogP contribution in [0.1, 0.15) is 50.3 Å². The second kappa shape index (κ2) is 14.5. The fourth-order valence-corrected chi connectivity index (χ4v) is 5.95. The summed E-state index contributed by atoms with van der Waals surface area (Å²) in [4.78, 5) is 28.5. The smallest absolute Gasteiger partial charge is 0.352 e. The minimum absolute atomic E-state index is 0.0935. The molecule has 0 saturated heterocycles. The highest BCUT2D eigenvalue weighted by Crippen LogP contribution is 2.33. The van der Waals surface area contributed by atoms with E-state index in [0.717, 1.165) is 23.3 Å². The fourth-order valence-electron chi connectivity index (χ4n) is 4.54. The van der Waals surface area contributed by atoms with Crippen molar-refractivity contribution in [3.63, 3.8) is 0 Å². The molecule has 3 aromatic rings. The van der Waals surface area contributed by atoms with Crippen LogP contribution in [0, 0.1) is 6.92 Å². The first kappa shape index (κ1) is 33.6. The van der Waals surface area contributed by atoms with Gasteiger partial charge in [0, 0.05) is 12.6 Å². The van der Waals surface area contributed by atoms with E-state index in [-0.39, 0.29) is 35.5 Å². The lowest BCUT2D eigenvalue weighted by Crippen LogP contribution is -2.54. The number of rotatable bonds is 13. The Kier molecular flexibility index (Phi) is 11.4. The van der Waals surface area contributed by atoms with Crippen LogP contribution < -0.4 is 9.62 Å². The quantitative estimate of drug-likeness (QED) is 0.256. The molecule has 0 aliphatic carbocycles. The Bertz CT molecular complexity index is 1480. The summed E-state index contributed by atoms with van der Waals surface area (Å²) in [6.45, 7) is 6.55. The number of halogens is 3. The van der Waals surface area contributed by atoms with Gasteiger partial charge in [-0.1, -0.05) is 67.9 Å². The molecule has 1 N–H and O–H groups in total. The second-order valence-electron chi connectivity index (χ2n) is 10.4. The predicted octanol–water partition coefficient (Wildman–Crippen LogP) is 5.97. The van der Waals surface area contributed by atoms with E-state index in [1.54, 1.807) is 26.0 Å². The Labute approximate surface area is 251 Å². The Balaban J connectivity index is 2.07. The van der Waals surface area contributed by atoms with Gasteiger partial charge in [0.25, 0.3) is 10.0 Å². The summed E-state index contributed by atoms with van der Waals surface area (Å²) in [6, 6.07) is 17.9. The molecule has 11 heteroatoms. The third-order valence-corrected chi connectivity index (χ3v) is 9.01. The predicted molar refractivity (Wildman–Crippen MR) is 161 cm³/mol. The Morgan fingerprint density at radius 2 is 1.56 bits per heavy atom. The number of hydrogen-bond acceptors (Lipinski definition) is 4. The zero-order chi connectivity index (χ0) is 31.8. The van der Waals surface area contributed by atoms with Gasteiger partial charge in [0.2, 0.25) is 11.8 Å². The molecule has 232 valence electrons. The molecule has 3 rings (SSSR count). The highest BCUT2D eigenvalue weighted by Gasteiger charge is 2.36. The molecule has 0 spiro atoms. The molecule has 0 aliphatic heterocycles. The molecule has 0 unspecified atom stereocenters. The van der Waals surface area contributed by atoms with Crippen molar-refractivity contribution < 1.29 is 31.2 Å². The lowest BCUT2D eigenvalue weighted by atomic mass is 10.1. The maximum Gasteiger partial charge on any atom is 0.416 e. The van der Waals surface area contributed by atoms with Gasteiger partial charge in [-0.25, -0.2) is 8.42 Å². The maximum absolute atomic E-state index is 14.0. The molecule has 0 radical (unpaired) electrons. The summed E-state index contributed by atoms with van der Waals surface area (Å²) in [5.74, 6) is -1.10. The number of aryl methyl sites for hydroxylation is 1. The summed E-state index contributed by atoms with van der Waals surface area (Å²) in [6.07, 6.45) is -3.44. The van der Waals surface area contributed by atoms with Gasteiger partial charge in [0.1, 0.15) is 12.6 Å². The van der Waals surface area contributed by atoms with Crippen LogP contribution in [0.4, 0.5) is 18.9 Å². The van der Waals surface area contributed by atoms with E-state index in [1.165, 1.54) is 23.1 Å².